The summed E-state index contributed by atoms with van der Waals surface area (Å²) in [4.78, 5) is 16.0. The summed E-state index contributed by atoms with van der Waals surface area (Å²) in [6.45, 7) is 5.43. The molecule has 0 N–H and O–H groups in total. The third kappa shape index (κ3) is 4.37. The Bertz CT molecular complexity index is 944. The molecule has 0 amide bonds. The van der Waals surface area contributed by atoms with E-state index in [0.717, 1.165) is 35.6 Å². The Morgan fingerprint density at radius 3 is 2.42 bits per heavy atom. The van der Waals surface area contributed by atoms with E-state index in [4.69, 9.17) is 9.47 Å². The second kappa shape index (κ2) is 8.68. The van der Waals surface area contributed by atoms with Gasteiger partial charge in [0.1, 0.15) is 12.4 Å². The molecule has 1 aromatic carbocycles. The second-order valence-electron chi connectivity index (χ2n) is 10.1. The van der Waals surface area contributed by atoms with Crippen LogP contribution in [-0.4, -0.2) is 22.3 Å². The van der Waals surface area contributed by atoms with Crippen molar-refractivity contribution in [1.82, 2.24) is 9.55 Å². The number of rotatable bonds is 6. The van der Waals surface area contributed by atoms with E-state index in [9.17, 15) is 4.79 Å². The summed E-state index contributed by atoms with van der Waals surface area (Å²) in [7, 11) is 0. The van der Waals surface area contributed by atoms with Gasteiger partial charge in [-0.05, 0) is 73.5 Å². The topological polar surface area (TPSA) is 53.4 Å². The lowest BCUT2D eigenvalue weighted by Gasteiger charge is -2.43. The predicted octanol–water partition coefficient (Wildman–Crippen LogP) is 4.97. The van der Waals surface area contributed by atoms with Crippen LogP contribution in [0.2, 0.25) is 0 Å². The largest absolute Gasteiger partial charge is 0.490 e. The van der Waals surface area contributed by atoms with E-state index in [0.29, 0.717) is 25.1 Å². The molecule has 2 bridgehead atoms. The maximum Gasteiger partial charge on any atom is 0.300 e. The fourth-order valence-electron chi connectivity index (χ4n) is 6.08. The Hall–Kier alpha value is -2.30. The first kappa shape index (κ1) is 20.6. The minimum atomic E-state index is -0.230. The first-order valence-electron chi connectivity index (χ1n) is 12.1. The van der Waals surface area contributed by atoms with Gasteiger partial charge in [0.15, 0.2) is 6.10 Å². The van der Waals surface area contributed by atoms with Crippen LogP contribution in [-0.2, 0) is 13.0 Å². The zero-order valence-electron chi connectivity index (χ0n) is 18.8. The van der Waals surface area contributed by atoms with Gasteiger partial charge in [0.05, 0.1) is 6.54 Å². The highest BCUT2D eigenvalue weighted by atomic mass is 16.6. The van der Waals surface area contributed by atoms with Crippen molar-refractivity contribution in [1.29, 1.82) is 0 Å². The zero-order chi connectivity index (χ0) is 21.4. The van der Waals surface area contributed by atoms with Crippen molar-refractivity contribution in [3.63, 3.8) is 0 Å². The van der Waals surface area contributed by atoms with Crippen molar-refractivity contribution in [2.24, 2.45) is 17.8 Å². The molecule has 3 aliphatic rings. The van der Waals surface area contributed by atoms with Crippen LogP contribution in [0.25, 0.3) is 0 Å². The number of nitrogens with zero attached hydrogens (tertiary/aromatic N) is 2. The SMILES string of the molecule is CC(C)Cc1cc(=O)nc2n1C[C@@H](COc1ccc(C3C4CCCC3CCC4)cc1)O2. The number of ether oxygens (including phenoxy) is 2. The third-order valence-corrected chi connectivity index (χ3v) is 7.37. The van der Waals surface area contributed by atoms with E-state index in [1.54, 1.807) is 6.07 Å². The molecule has 2 saturated carbocycles. The van der Waals surface area contributed by atoms with Crippen LogP contribution >= 0.6 is 0 Å². The molecule has 31 heavy (non-hydrogen) atoms. The number of hydrogen-bond acceptors (Lipinski definition) is 4. The summed E-state index contributed by atoms with van der Waals surface area (Å²) in [5.74, 6) is 3.85. The smallest absolute Gasteiger partial charge is 0.300 e. The maximum atomic E-state index is 11.9. The standard InChI is InChI=1S/C26H34N2O3/c1-17(2)13-21-14-24(29)27-26-28(21)15-23(31-26)16-30-22-11-9-20(10-12-22)25-18-5-3-6-19(25)8-4-7-18/h9-12,14,17-19,23,25H,3-8,13,15-16H2,1-2H3/t18?,19?,23-,25?/m0/s1. The molecule has 1 atom stereocenters. The average molecular weight is 423 g/mol. The second-order valence-corrected chi connectivity index (χ2v) is 10.1. The molecule has 0 spiro atoms. The Labute approximate surface area is 184 Å². The van der Waals surface area contributed by atoms with Crippen molar-refractivity contribution in [2.45, 2.75) is 77.4 Å². The van der Waals surface area contributed by atoms with E-state index in [-0.39, 0.29) is 11.7 Å². The molecule has 1 aliphatic heterocycles. The van der Waals surface area contributed by atoms with Gasteiger partial charge in [-0.25, -0.2) is 0 Å². The molecule has 5 heteroatoms. The molecule has 1 aromatic heterocycles. The van der Waals surface area contributed by atoms with Crippen molar-refractivity contribution < 1.29 is 9.47 Å². The molecular weight excluding hydrogens is 388 g/mol. The predicted molar refractivity (Wildman–Crippen MR) is 121 cm³/mol. The van der Waals surface area contributed by atoms with Crippen LogP contribution in [0.4, 0.5) is 0 Å². The molecule has 2 fully saturated rings. The van der Waals surface area contributed by atoms with E-state index in [1.807, 2.05) is 4.57 Å². The van der Waals surface area contributed by atoms with Crippen molar-refractivity contribution in [3.8, 4) is 11.8 Å². The van der Waals surface area contributed by atoms with Crippen LogP contribution < -0.4 is 15.0 Å². The number of aromatic nitrogens is 2. The molecule has 5 nitrogen and oxygen atoms in total. The molecule has 0 radical (unpaired) electrons. The van der Waals surface area contributed by atoms with Gasteiger partial charge in [-0.15, -0.1) is 0 Å². The molecule has 0 unspecified atom stereocenters. The molecule has 2 heterocycles. The summed E-state index contributed by atoms with van der Waals surface area (Å²) in [5.41, 5.74) is 2.26. The van der Waals surface area contributed by atoms with Gasteiger partial charge in [-0.2, -0.15) is 4.98 Å². The van der Waals surface area contributed by atoms with E-state index < -0.39 is 0 Å². The summed E-state index contributed by atoms with van der Waals surface area (Å²) in [6.07, 6.45) is 9.13. The summed E-state index contributed by atoms with van der Waals surface area (Å²) < 4.78 is 14.0. The lowest BCUT2D eigenvalue weighted by Crippen LogP contribution is -2.30. The average Bonchev–Trinajstić information content (AvgIpc) is 3.15. The van der Waals surface area contributed by atoms with E-state index in [1.165, 1.54) is 44.1 Å². The Kier molecular flexibility index (Phi) is 5.77. The molecular formula is C26H34N2O3. The van der Waals surface area contributed by atoms with E-state index >= 15 is 0 Å². The highest BCUT2D eigenvalue weighted by Gasteiger charge is 2.37. The molecule has 2 aromatic rings. The van der Waals surface area contributed by atoms with Gasteiger partial charge in [0, 0.05) is 11.8 Å². The van der Waals surface area contributed by atoms with Crippen molar-refractivity contribution in [2.75, 3.05) is 6.61 Å². The maximum absolute atomic E-state index is 11.9. The summed E-state index contributed by atoms with van der Waals surface area (Å²) in [6, 6.07) is 10.9. The summed E-state index contributed by atoms with van der Waals surface area (Å²) >= 11 is 0. The fourth-order valence-corrected chi connectivity index (χ4v) is 6.08. The Morgan fingerprint density at radius 1 is 1.10 bits per heavy atom. The Morgan fingerprint density at radius 2 is 1.77 bits per heavy atom. The monoisotopic (exact) mass is 422 g/mol. The van der Waals surface area contributed by atoms with Gasteiger partial charge in [-0.3, -0.25) is 9.36 Å². The van der Waals surface area contributed by atoms with Gasteiger partial charge in [0.25, 0.3) is 11.6 Å². The molecule has 5 rings (SSSR count). The minimum Gasteiger partial charge on any atom is -0.490 e. The lowest BCUT2D eigenvalue weighted by molar-refractivity contribution is 0.143. The first-order valence-corrected chi connectivity index (χ1v) is 12.1. The lowest BCUT2D eigenvalue weighted by atomic mass is 9.62. The first-order chi connectivity index (χ1) is 15.1. The molecule has 0 saturated heterocycles. The van der Waals surface area contributed by atoms with Crippen LogP contribution in [0.5, 0.6) is 11.8 Å². The quantitative estimate of drug-likeness (QED) is 0.660. The third-order valence-electron chi connectivity index (χ3n) is 7.37. The van der Waals surface area contributed by atoms with Crippen molar-refractivity contribution in [3.05, 3.63) is 51.9 Å². The van der Waals surface area contributed by atoms with Gasteiger partial charge < -0.3 is 9.47 Å². The van der Waals surface area contributed by atoms with Crippen LogP contribution in [0, 0.1) is 17.8 Å². The molecule has 2 aliphatic carbocycles. The summed E-state index contributed by atoms with van der Waals surface area (Å²) in [5, 5.41) is 0. The fraction of sp³-hybridized carbons (Fsp3) is 0.615. The highest BCUT2D eigenvalue weighted by molar-refractivity contribution is 5.31. The van der Waals surface area contributed by atoms with Gasteiger partial charge in [0.2, 0.25) is 0 Å². The van der Waals surface area contributed by atoms with Crippen LogP contribution in [0.3, 0.4) is 0 Å². The van der Waals surface area contributed by atoms with Crippen LogP contribution in [0.15, 0.2) is 35.1 Å². The van der Waals surface area contributed by atoms with E-state index in [2.05, 4.69) is 43.1 Å². The molecule has 166 valence electrons. The van der Waals surface area contributed by atoms with Gasteiger partial charge in [-0.1, -0.05) is 38.8 Å². The Balaban J connectivity index is 1.21. The van der Waals surface area contributed by atoms with Gasteiger partial charge >= 0.3 is 0 Å². The normalized spacial score (nSPS) is 27.1. The number of benzene rings is 1. The number of fused-ring (bicyclic) bond motifs is 3. The van der Waals surface area contributed by atoms with Crippen LogP contribution in [0.1, 0.15) is 69.5 Å². The highest BCUT2D eigenvalue weighted by Crippen LogP contribution is 2.49. The number of hydrogen-bond donors (Lipinski definition) is 0. The van der Waals surface area contributed by atoms with Crippen molar-refractivity contribution >= 4 is 0 Å². The minimum absolute atomic E-state index is 0.127. The zero-order valence-corrected chi connectivity index (χ0v) is 18.8.